The maximum Gasteiger partial charge on any atom is 0.401 e. The lowest BCUT2D eigenvalue weighted by molar-refractivity contribution is -0.143. The molecule has 3 N–H and O–H groups in total. The molecule has 1 amide bonds. The second-order valence-electron chi connectivity index (χ2n) is 7.25. The molecule has 0 radical (unpaired) electrons. The molecule has 9 heteroatoms. The van der Waals surface area contributed by atoms with Crippen LogP contribution in [-0.4, -0.2) is 68.3 Å². The van der Waals surface area contributed by atoms with Crippen molar-refractivity contribution < 1.29 is 18.0 Å². The molecule has 1 saturated heterocycles. The monoisotopic (exact) mass is 365 g/mol. The van der Waals surface area contributed by atoms with Gasteiger partial charge in [0, 0.05) is 37.6 Å². The highest BCUT2D eigenvalue weighted by atomic mass is 19.4. The second kappa shape index (κ2) is 9.26. The van der Waals surface area contributed by atoms with Gasteiger partial charge in [0.2, 0.25) is 5.91 Å². The fourth-order valence-electron chi connectivity index (χ4n) is 2.46. The standard InChI is InChI=1S/C16H30F3N5O/c1-5-20-14(22-8-7-21-13(25)15(2,3)4)23-12-6-9-24(10-12)11-16(17,18)19/h12H,5-11H2,1-4H3,(H,21,25)(H2,20,22,23). The molecule has 146 valence electrons. The summed E-state index contributed by atoms with van der Waals surface area (Å²) in [5, 5.41) is 9.06. The van der Waals surface area contributed by atoms with E-state index in [1.807, 2.05) is 27.7 Å². The molecule has 0 aromatic carbocycles. The van der Waals surface area contributed by atoms with E-state index in [9.17, 15) is 18.0 Å². The highest BCUT2D eigenvalue weighted by Crippen LogP contribution is 2.19. The summed E-state index contributed by atoms with van der Waals surface area (Å²) >= 11 is 0. The van der Waals surface area contributed by atoms with Gasteiger partial charge in [-0.2, -0.15) is 13.2 Å². The van der Waals surface area contributed by atoms with E-state index < -0.39 is 18.1 Å². The van der Waals surface area contributed by atoms with E-state index >= 15 is 0 Å². The number of carbonyl (C=O) groups excluding carboxylic acids is 1. The minimum Gasteiger partial charge on any atom is -0.357 e. The van der Waals surface area contributed by atoms with Crippen LogP contribution in [0.3, 0.4) is 0 Å². The molecule has 25 heavy (non-hydrogen) atoms. The summed E-state index contributed by atoms with van der Waals surface area (Å²) in [5.74, 6) is 0.519. The number of alkyl halides is 3. The number of rotatable bonds is 6. The zero-order chi connectivity index (χ0) is 19.1. The van der Waals surface area contributed by atoms with E-state index in [0.717, 1.165) is 0 Å². The van der Waals surface area contributed by atoms with Crippen molar-refractivity contribution in [1.29, 1.82) is 0 Å². The molecule has 1 atom stereocenters. The van der Waals surface area contributed by atoms with Gasteiger partial charge in [-0.05, 0) is 13.3 Å². The molecule has 1 aliphatic rings. The van der Waals surface area contributed by atoms with E-state index in [1.54, 1.807) is 0 Å². The Morgan fingerprint density at radius 2 is 1.92 bits per heavy atom. The molecule has 1 heterocycles. The van der Waals surface area contributed by atoms with Gasteiger partial charge in [0.1, 0.15) is 0 Å². The average molecular weight is 365 g/mol. The normalized spacial score (nSPS) is 19.8. The smallest absolute Gasteiger partial charge is 0.357 e. The lowest BCUT2D eigenvalue weighted by atomic mass is 9.96. The molecule has 0 aromatic rings. The van der Waals surface area contributed by atoms with Crippen LogP contribution in [-0.2, 0) is 4.79 Å². The summed E-state index contributed by atoms with van der Waals surface area (Å²) in [7, 11) is 0. The van der Waals surface area contributed by atoms with Gasteiger partial charge >= 0.3 is 6.18 Å². The SMILES string of the molecule is CCNC(=NCCNC(=O)C(C)(C)C)NC1CCN(CC(F)(F)F)C1. The second-order valence-corrected chi connectivity index (χ2v) is 7.25. The number of likely N-dealkylation sites (tertiary alicyclic amines) is 1. The lowest BCUT2D eigenvalue weighted by Crippen LogP contribution is -2.45. The molecule has 6 nitrogen and oxygen atoms in total. The Kier molecular flexibility index (Phi) is 7.98. The van der Waals surface area contributed by atoms with Crippen molar-refractivity contribution in [3.8, 4) is 0 Å². The van der Waals surface area contributed by atoms with Gasteiger partial charge in [-0.15, -0.1) is 0 Å². The van der Waals surface area contributed by atoms with Crippen LogP contribution < -0.4 is 16.0 Å². The van der Waals surface area contributed by atoms with Crippen molar-refractivity contribution in [2.24, 2.45) is 10.4 Å². The molecule has 0 aliphatic carbocycles. The molecule has 1 fully saturated rings. The van der Waals surface area contributed by atoms with Crippen LogP contribution in [0.1, 0.15) is 34.1 Å². The maximum atomic E-state index is 12.4. The van der Waals surface area contributed by atoms with Crippen LogP contribution in [0.15, 0.2) is 4.99 Å². The van der Waals surface area contributed by atoms with E-state index in [1.165, 1.54) is 4.90 Å². The fourth-order valence-corrected chi connectivity index (χ4v) is 2.46. The van der Waals surface area contributed by atoms with Crippen molar-refractivity contribution in [3.05, 3.63) is 0 Å². The van der Waals surface area contributed by atoms with E-state index in [-0.39, 0.29) is 11.9 Å². The van der Waals surface area contributed by atoms with Crippen LogP contribution in [0.25, 0.3) is 0 Å². The number of hydrogen-bond acceptors (Lipinski definition) is 3. The minimum atomic E-state index is -4.17. The minimum absolute atomic E-state index is 0.0424. The van der Waals surface area contributed by atoms with Crippen molar-refractivity contribution in [2.45, 2.75) is 46.3 Å². The van der Waals surface area contributed by atoms with Gasteiger partial charge in [-0.25, -0.2) is 0 Å². The van der Waals surface area contributed by atoms with Crippen LogP contribution in [0.2, 0.25) is 0 Å². The Labute approximate surface area is 147 Å². The fraction of sp³-hybridized carbons (Fsp3) is 0.875. The predicted octanol–water partition coefficient (Wildman–Crippen LogP) is 1.34. The summed E-state index contributed by atoms with van der Waals surface area (Å²) in [4.78, 5) is 17.5. The van der Waals surface area contributed by atoms with E-state index in [0.29, 0.717) is 45.1 Å². The first-order valence-corrected chi connectivity index (χ1v) is 8.63. The van der Waals surface area contributed by atoms with Crippen LogP contribution in [0.4, 0.5) is 13.2 Å². The van der Waals surface area contributed by atoms with Crippen molar-refractivity contribution in [1.82, 2.24) is 20.9 Å². The quantitative estimate of drug-likeness (QED) is 0.378. The summed E-state index contributed by atoms with van der Waals surface area (Å²) in [6.45, 7) is 8.77. The molecular weight excluding hydrogens is 335 g/mol. The summed E-state index contributed by atoms with van der Waals surface area (Å²) in [5.41, 5.74) is -0.446. The largest absolute Gasteiger partial charge is 0.401 e. The molecular formula is C16H30F3N5O. The number of nitrogens with zero attached hydrogens (tertiary/aromatic N) is 2. The van der Waals surface area contributed by atoms with Crippen molar-refractivity contribution in [3.63, 3.8) is 0 Å². The first kappa shape index (κ1) is 21.5. The highest BCUT2D eigenvalue weighted by molar-refractivity contribution is 5.81. The number of nitrogens with one attached hydrogen (secondary N) is 3. The summed E-state index contributed by atoms with van der Waals surface area (Å²) in [6.07, 6.45) is -3.53. The first-order chi connectivity index (χ1) is 11.5. The van der Waals surface area contributed by atoms with E-state index in [2.05, 4.69) is 20.9 Å². The van der Waals surface area contributed by atoms with Crippen LogP contribution >= 0.6 is 0 Å². The van der Waals surface area contributed by atoms with E-state index in [4.69, 9.17) is 0 Å². The number of aliphatic imine (C=N–C) groups is 1. The molecule has 1 rings (SSSR count). The van der Waals surface area contributed by atoms with Gasteiger partial charge in [0.15, 0.2) is 5.96 Å². The van der Waals surface area contributed by atoms with Crippen molar-refractivity contribution in [2.75, 3.05) is 39.3 Å². The number of hydrogen-bond donors (Lipinski definition) is 3. The van der Waals surface area contributed by atoms with Crippen molar-refractivity contribution >= 4 is 11.9 Å². The molecule has 0 aromatic heterocycles. The lowest BCUT2D eigenvalue weighted by Gasteiger charge is -2.20. The Hall–Kier alpha value is -1.51. The summed E-state index contributed by atoms with van der Waals surface area (Å²) in [6, 6.07) is -0.0654. The molecule has 1 aliphatic heterocycles. The number of amides is 1. The van der Waals surface area contributed by atoms with Crippen LogP contribution in [0, 0.1) is 5.41 Å². The molecule has 0 saturated carbocycles. The zero-order valence-electron chi connectivity index (χ0n) is 15.5. The topological polar surface area (TPSA) is 68.8 Å². The number of guanidine groups is 1. The zero-order valence-corrected chi connectivity index (χ0v) is 15.5. The molecule has 0 spiro atoms. The first-order valence-electron chi connectivity index (χ1n) is 8.63. The molecule has 1 unspecified atom stereocenters. The van der Waals surface area contributed by atoms with Gasteiger partial charge in [-0.1, -0.05) is 20.8 Å². The number of halogens is 3. The maximum absolute atomic E-state index is 12.4. The van der Waals surface area contributed by atoms with Gasteiger partial charge in [-0.3, -0.25) is 14.7 Å². The Morgan fingerprint density at radius 1 is 1.24 bits per heavy atom. The summed E-state index contributed by atoms with van der Waals surface area (Å²) < 4.78 is 37.3. The van der Waals surface area contributed by atoms with Crippen LogP contribution in [0.5, 0.6) is 0 Å². The highest BCUT2D eigenvalue weighted by Gasteiger charge is 2.34. The van der Waals surface area contributed by atoms with Gasteiger partial charge < -0.3 is 16.0 Å². The third-order valence-corrected chi connectivity index (χ3v) is 3.71. The van der Waals surface area contributed by atoms with Gasteiger partial charge in [0.05, 0.1) is 13.1 Å². The third kappa shape index (κ3) is 8.94. The number of carbonyl (C=O) groups is 1. The predicted molar refractivity (Wildman–Crippen MR) is 92.5 cm³/mol. The molecule has 0 bridgehead atoms. The third-order valence-electron chi connectivity index (χ3n) is 3.71. The Balaban J connectivity index is 2.42. The Morgan fingerprint density at radius 3 is 2.48 bits per heavy atom. The average Bonchev–Trinajstić information content (AvgIpc) is 2.87. The van der Waals surface area contributed by atoms with Gasteiger partial charge in [0.25, 0.3) is 0 Å². The Bertz CT molecular complexity index is 460.